The van der Waals surface area contributed by atoms with Gasteiger partial charge < -0.3 is 19.9 Å². The standard InChI is InChI=1S/C22H18N2O6S/c1-28-11-6-3-5-10(9-11)24-20(25)15-14-12-7-4-8-13(29-2)17(12)30-22(27)16(14)19(23)31-18(15)21(24)26/h3-9,14-15,18H,23H2,1-2H3/t14-,15-,18+/m1/s1. The minimum absolute atomic E-state index is 0.193. The number of carbonyl (C=O) groups is 3. The molecule has 0 aliphatic carbocycles. The molecule has 2 amide bonds. The molecule has 0 bridgehead atoms. The van der Waals surface area contributed by atoms with Crippen LogP contribution < -0.4 is 24.8 Å². The highest BCUT2D eigenvalue weighted by atomic mass is 32.2. The van der Waals surface area contributed by atoms with Crippen molar-refractivity contribution in [3.63, 3.8) is 0 Å². The highest BCUT2D eigenvalue weighted by molar-refractivity contribution is 8.04. The van der Waals surface area contributed by atoms with E-state index in [1.807, 2.05) is 0 Å². The zero-order chi connectivity index (χ0) is 21.9. The number of nitrogens with two attached hydrogens (primary N) is 1. The summed E-state index contributed by atoms with van der Waals surface area (Å²) in [5.74, 6) is -1.76. The Balaban J connectivity index is 1.66. The quantitative estimate of drug-likeness (QED) is 0.441. The molecule has 2 aromatic rings. The SMILES string of the molecule is COc1cccc(N2C(=O)[C@H]3[C@H](SC(N)=C4C(=O)Oc5c(OC)cccc5[C@@H]43)C2=O)c1. The number of para-hydroxylation sites is 1. The summed E-state index contributed by atoms with van der Waals surface area (Å²) in [6.45, 7) is 0. The van der Waals surface area contributed by atoms with Gasteiger partial charge in [-0.2, -0.15) is 0 Å². The second-order valence-corrected chi connectivity index (χ2v) is 8.48. The van der Waals surface area contributed by atoms with Crippen LogP contribution in [0.3, 0.4) is 0 Å². The van der Waals surface area contributed by atoms with Gasteiger partial charge in [-0.15, -0.1) is 0 Å². The van der Waals surface area contributed by atoms with E-state index in [0.717, 1.165) is 16.7 Å². The number of rotatable bonds is 3. The van der Waals surface area contributed by atoms with Crippen LogP contribution in [-0.4, -0.2) is 37.3 Å². The molecular formula is C22H18N2O6S. The molecular weight excluding hydrogens is 420 g/mol. The fourth-order valence-electron chi connectivity index (χ4n) is 4.42. The van der Waals surface area contributed by atoms with Gasteiger partial charge in [0.15, 0.2) is 11.5 Å². The lowest BCUT2D eigenvalue weighted by molar-refractivity contribution is -0.132. The molecule has 2 aromatic carbocycles. The smallest absolute Gasteiger partial charge is 0.342 e. The first kappa shape index (κ1) is 19.5. The number of anilines is 1. The van der Waals surface area contributed by atoms with Gasteiger partial charge in [0.1, 0.15) is 11.0 Å². The summed E-state index contributed by atoms with van der Waals surface area (Å²) in [5.41, 5.74) is 7.43. The van der Waals surface area contributed by atoms with Crippen LogP contribution in [0.2, 0.25) is 0 Å². The summed E-state index contributed by atoms with van der Waals surface area (Å²) >= 11 is 1.03. The van der Waals surface area contributed by atoms with Crippen LogP contribution in [0, 0.1) is 5.92 Å². The number of ether oxygens (including phenoxy) is 3. The fraction of sp³-hybridized carbons (Fsp3) is 0.227. The first-order chi connectivity index (χ1) is 15.0. The molecule has 1 saturated heterocycles. The fourth-order valence-corrected chi connectivity index (χ4v) is 5.66. The van der Waals surface area contributed by atoms with Gasteiger partial charge in [0.25, 0.3) is 0 Å². The van der Waals surface area contributed by atoms with Crippen LogP contribution >= 0.6 is 11.8 Å². The lowest BCUT2D eigenvalue weighted by Gasteiger charge is -2.36. The van der Waals surface area contributed by atoms with Gasteiger partial charge in [0, 0.05) is 17.5 Å². The van der Waals surface area contributed by atoms with Crippen LogP contribution in [0.4, 0.5) is 5.69 Å². The predicted molar refractivity (Wildman–Crippen MR) is 113 cm³/mol. The highest BCUT2D eigenvalue weighted by Gasteiger charge is 2.58. The molecule has 31 heavy (non-hydrogen) atoms. The van der Waals surface area contributed by atoms with E-state index in [2.05, 4.69) is 0 Å². The molecule has 158 valence electrons. The third-order valence-corrected chi connectivity index (χ3v) is 7.00. The van der Waals surface area contributed by atoms with Gasteiger partial charge >= 0.3 is 5.97 Å². The van der Waals surface area contributed by atoms with Crippen molar-refractivity contribution in [1.29, 1.82) is 0 Å². The average molecular weight is 438 g/mol. The number of methoxy groups -OCH3 is 2. The zero-order valence-electron chi connectivity index (χ0n) is 16.7. The molecule has 8 nitrogen and oxygen atoms in total. The average Bonchev–Trinajstić information content (AvgIpc) is 3.02. The molecule has 2 N–H and O–H groups in total. The molecule has 3 aliphatic rings. The number of nitrogens with zero attached hydrogens (tertiary/aromatic N) is 1. The Morgan fingerprint density at radius 2 is 1.81 bits per heavy atom. The van der Waals surface area contributed by atoms with E-state index in [-0.39, 0.29) is 22.3 Å². The molecule has 3 atom stereocenters. The third kappa shape index (κ3) is 2.73. The van der Waals surface area contributed by atoms with Gasteiger partial charge in [0.2, 0.25) is 11.8 Å². The van der Waals surface area contributed by atoms with Crippen LogP contribution in [0.1, 0.15) is 11.5 Å². The molecule has 0 unspecified atom stereocenters. The molecule has 0 aromatic heterocycles. The number of thioether (sulfide) groups is 1. The summed E-state index contributed by atoms with van der Waals surface area (Å²) in [6.07, 6.45) is 0. The minimum Gasteiger partial charge on any atom is -0.497 e. The van der Waals surface area contributed by atoms with E-state index in [4.69, 9.17) is 19.9 Å². The number of hydrogen-bond acceptors (Lipinski definition) is 8. The molecule has 3 heterocycles. The van der Waals surface area contributed by atoms with Crippen LogP contribution in [0.5, 0.6) is 17.2 Å². The molecule has 1 fully saturated rings. The van der Waals surface area contributed by atoms with Gasteiger partial charge in [-0.3, -0.25) is 9.59 Å². The topological polar surface area (TPSA) is 108 Å². The first-order valence-electron chi connectivity index (χ1n) is 9.53. The Morgan fingerprint density at radius 1 is 1.03 bits per heavy atom. The van der Waals surface area contributed by atoms with Crippen LogP contribution in [-0.2, 0) is 14.4 Å². The Bertz CT molecular complexity index is 1180. The van der Waals surface area contributed by atoms with Crippen molar-refractivity contribution < 1.29 is 28.6 Å². The Morgan fingerprint density at radius 3 is 2.55 bits per heavy atom. The van der Waals surface area contributed by atoms with E-state index in [1.165, 1.54) is 14.2 Å². The molecule has 0 radical (unpaired) electrons. The van der Waals surface area contributed by atoms with Gasteiger partial charge in [-0.05, 0) is 18.2 Å². The lowest BCUT2D eigenvalue weighted by Crippen LogP contribution is -2.39. The Hall–Kier alpha value is -3.46. The number of imide groups is 1. The maximum Gasteiger partial charge on any atom is 0.342 e. The number of hydrogen-bond donors (Lipinski definition) is 1. The highest BCUT2D eigenvalue weighted by Crippen LogP contribution is 2.56. The van der Waals surface area contributed by atoms with Crippen molar-refractivity contribution >= 4 is 35.2 Å². The number of fused-ring (bicyclic) bond motifs is 5. The Labute approximate surface area is 181 Å². The van der Waals surface area contributed by atoms with E-state index >= 15 is 0 Å². The van der Waals surface area contributed by atoms with E-state index < -0.39 is 29.0 Å². The monoisotopic (exact) mass is 438 g/mol. The number of carbonyl (C=O) groups excluding carboxylic acids is 3. The maximum atomic E-state index is 13.6. The lowest BCUT2D eigenvalue weighted by atomic mass is 9.77. The number of esters is 1. The summed E-state index contributed by atoms with van der Waals surface area (Å²) in [5, 5.41) is -0.559. The van der Waals surface area contributed by atoms with Crippen molar-refractivity contribution in [1.82, 2.24) is 0 Å². The number of benzene rings is 2. The third-order valence-electron chi connectivity index (χ3n) is 5.78. The zero-order valence-corrected chi connectivity index (χ0v) is 17.5. The van der Waals surface area contributed by atoms with E-state index in [9.17, 15) is 14.4 Å². The Kier molecular flexibility index (Phi) is 4.44. The van der Waals surface area contributed by atoms with Crippen molar-refractivity contribution in [2.45, 2.75) is 11.2 Å². The summed E-state index contributed by atoms with van der Waals surface area (Å²) < 4.78 is 16.1. The molecule has 9 heteroatoms. The summed E-state index contributed by atoms with van der Waals surface area (Å²) in [7, 11) is 2.98. The van der Waals surface area contributed by atoms with Crippen molar-refractivity contribution in [2.24, 2.45) is 11.7 Å². The normalized spacial score (nSPS) is 24.4. The molecule has 5 rings (SSSR count). The summed E-state index contributed by atoms with van der Waals surface area (Å²) in [6, 6.07) is 11.9. The second kappa shape index (κ2) is 7.05. The predicted octanol–water partition coefficient (Wildman–Crippen LogP) is 2.18. The van der Waals surface area contributed by atoms with Crippen molar-refractivity contribution in [2.75, 3.05) is 19.1 Å². The first-order valence-corrected chi connectivity index (χ1v) is 10.4. The van der Waals surface area contributed by atoms with Gasteiger partial charge in [-0.1, -0.05) is 30.0 Å². The van der Waals surface area contributed by atoms with Gasteiger partial charge in [0.05, 0.1) is 36.4 Å². The molecule has 3 aliphatic heterocycles. The van der Waals surface area contributed by atoms with Crippen LogP contribution in [0.15, 0.2) is 53.1 Å². The molecule has 0 spiro atoms. The van der Waals surface area contributed by atoms with E-state index in [1.54, 1.807) is 42.5 Å². The summed E-state index contributed by atoms with van der Waals surface area (Å²) in [4.78, 5) is 40.9. The van der Waals surface area contributed by atoms with E-state index in [0.29, 0.717) is 22.7 Å². The van der Waals surface area contributed by atoms with Crippen molar-refractivity contribution in [3.8, 4) is 17.2 Å². The van der Waals surface area contributed by atoms with Crippen molar-refractivity contribution in [3.05, 3.63) is 58.6 Å². The van der Waals surface area contributed by atoms with Gasteiger partial charge in [-0.25, -0.2) is 9.69 Å². The second-order valence-electron chi connectivity index (χ2n) is 7.30. The number of amides is 2. The van der Waals surface area contributed by atoms with Crippen LogP contribution in [0.25, 0.3) is 0 Å². The largest absolute Gasteiger partial charge is 0.497 e. The maximum absolute atomic E-state index is 13.6. The molecule has 0 saturated carbocycles. The minimum atomic E-state index is -0.801.